The topological polar surface area (TPSA) is 106 Å². The smallest absolute Gasteiger partial charge is 0.369 e. The number of carbonyl (C=O) groups excluding carboxylic acids is 1. The summed E-state index contributed by atoms with van der Waals surface area (Å²) in [5, 5.41) is 15.2. The third kappa shape index (κ3) is 6.45. The number of carbonyl (C=O) groups is 1. The molecular weight excluding hydrogens is 538 g/mol. The number of aromatic nitrogens is 2. The van der Waals surface area contributed by atoms with Crippen molar-refractivity contribution in [1.82, 2.24) is 9.78 Å². The van der Waals surface area contributed by atoms with Crippen LogP contribution in [0.2, 0.25) is 0 Å². The Morgan fingerprint density at radius 3 is 2.59 bits per heavy atom. The lowest BCUT2D eigenvalue weighted by molar-refractivity contribution is -0.141. The van der Waals surface area contributed by atoms with E-state index in [0.717, 1.165) is 29.2 Å². The zero-order valence-electron chi connectivity index (χ0n) is 21.7. The van der Waals surface area contributed by atoms with Gasteiger partial charge in [-0.2, -0.15) is 23.5 Å². The van der Waals surface area contributed by atoms with E-state index in [9.17, 15) is 27.6 Å². The van der Waals surface area contributed by atoms with Crippen LogP contribution in [-0.2, 0) is 24.1 Å². The van der Waals surface area contributed by atoms with Crippen molar-refractivity contribution < 1.29 is 27.1 Å². The maximum Gasteiger partial charge on any atom is 0.435 e. The van der Waals surface area contributed by atoms with Crippen LogP contribution in [0, 0.1) is 23.1 Å². The Balaban J connectivity index is 1.38. The van der Waals surface area contributed by atoms with E-state index >= 15 is 0 Å². The molecule has 1 aliphatic rings. The number of amides is 1. The van der Waals surface area contributed by atoms with Crippen LogP contribution in [0.1, 0.15) is 57.4 Å². The van der Waals surface area contributed by atoms with Gasteiger partial charge in [0, 0.05) is 12.6 Å². The van der Waals surface area contributed by atoms with Gasteiger partial charge in [0.05, 0.1) is 35.7 Å². The molecule has 3 N–H and O–H groups in total. The Morgan fingerprint density at radius 1 is 1.10 bits per heavy atom. The maximum atomic E-state index is 14.7. The average Bonchev–Trinajstić information content (AvgIpc) is 3.69. The fraction of sp³-hybridized carbons (Fsp3) is 0.233. The standard InChI is InChI=1S/C30H25F4N5O2/c31-24-10-7-20(17-41-28(21-8-9-21)22-5-1-3-18(11-22)15-35)13-25(24)37-29(40)26-14-27(30(32,33)34)38-39(26)23-6-2-4-19(12-23)16-36/h1-7,10-14,21,28H,8-9,16-17,36H2,(H,37,40). The van der Waals surface area contributed by atoms with Gasteiger partial charge in [0.25, 0.3) is 5.91 Å². The summed E-state index contributed by atoms with van der Waals surface area (Å²) in [7, 11) is 0. The molecule has 1 aliphatic carbocycles. The van der Waals surface area contributed by atoms with Crippen LogP contribution < -0.4 is 11.1 Å². The predicted molar refractivity (Wildman–Crippen MR) is 142 cm³/mol. The van der Waals surface area contributed by atoms with Gasteiger partial charge in [0.2, 0.25) is 0 Å². The first-order chi connectivity index (χ1) is 19.7. The van der Waals surface area contributed by atoms with Gasteiger partial charge in [-0.1, -0.05) is 30.3 Å². The van der Waals surface area contributed by atoms with Crippen molar-refractivity contribution >= 4 is 11.6 Å². The molecular formula is C30H25F4N5O2. The SMILES string of the molecule is N#Cc1cccc(C(OCc2ccc(F)c(NC(=O)c3cc(C(F)(F)F)nn3-c3cccc(CN)c3)c2)C2CC2)c1. The highest BCUT2D eigenvalue weighted by Crippen LogP contribution is 2.44. The second kappa shape index (κ2) is 11.5. The Morgan fingerprint density at radius 2 is 1.88 bits per heavy atom. The summed E-state index contributed by atoms with van der Waals surface area (Å²) in [6.45, 7) is 0.220. The van der Waals surface area contributed by atoms with E-state index in [2.05, 4.69) is 16.5 Å². The monoisotopic (exact) mass is 563 g/mol. The Bertz CT molecular complexity index is 1620. The number of ether oxygens (including phenoxy) is 1. The van der Waals surface area contributed by atoms with Gasteiger partial charge in [-0.15, -0.1) is 0 Å². The van der Waals surface area contributed by atoms with Crippen molar-refractivity contribution in [3.63, 3.8) is 0 Å². The van der Waals surface area contributed by atoms with E-state index < -0.39 is 29.3 Å². The molecule has 1 atom stereocenters. The van der Waals surface area contributed by atoms with Gasteiger partial charge < -0.3 is 15.8 Å². The molecule has 1 fully saturated rings. The van der Waals surface area contributed by atoms with Crippen molar-refractivity contribution in [1.29, 1.82) is 5.26 Å². The molecule has 210 valence electrons. The minimum Gasteiger partial charge on any atom is -0.369 e. The minimum absolute atomic E-state index is 0.0864. The van der Waals surface area contributed by atoms with Gasteiger partial charge in [-0.25, -0.2) is 9.07 Å². The van der Waals surface area contributed by atoms with Crippen molar-refractivity contribution in [2.75, 3.05) is 5.32 Å². The number of benzene rings is 3. The number of hydrogen-bond donors (Lipinski definition) is 2. The molecule has 7 nitrogen and oxygen atoms in total. The fourth-order valence-electron chi connectivity index (χ4n) is 4.51. The summed E-state index contributed by atoms with van der Waals surface area (Å²) < 4.78 is 62.3. The molecule has 0 radical (unpaired) electrons. The lowest BCUT2D eigenvalue weighted by atomic mass is 10.0. The van der Waals surface area contributed by atoms with Crippen molar-refractivity contribution in [2.45, 2.75) is 38.3 Å². The number of nitriles is 1. The highest BCUT2D eigenvalue weighted by Gasteiger charge is 2.36. The molecule has 0 saturated heterocycles. The molecule has 0 aliphatic heterocycles. The van der Waals surface area contributed by atoms with Crippen molar-refractivity contribution in [3.05, 3.63) is 112 Å². The second-order valence-electron chi connectivity index (χ2n) is 9.77. The molecule has 1 saturated carbocycles. The quantitative estimate of drug-likeness (QED) is 0.233. The van der Waals surface area contributed by atoms with E-state index in [4.69, 9.17) is 10.5 Å². The first-order valence-corrected chi connectivity index (χ1v) is 12.8. The lowest BCUT2D eigenvalue weighted by Gasteiger charge is -2.19. The largest absolute Gasteiger partial charge is 0.435 e. The van der Waals surface area contributed by atoms with Crippen LogP contribution in [0.5, 0.6) is 0 Å². The number of alkyl halides is 3. The Labute approximate surface area is 233 Å². The van der Waals surface area contributed by atoms with Gasteiger partial charge in [-0.3, -0.25) is 4.79 Å². The Kier molecular flexibility index (Phi) is 7.88. The second-order valence-corrected chi connectivity index (χ2v) is 9.77. The number of nitrogens with one attached hydrogen (secondary N) is 1. The van der Waals surface area contributed by atoms with Crippen LogP contribution in [0.25, 0.3) is 5.69 Å². The molecule has 41 heavy (non-hydrogen) atoms. The molecule has 5 rings (SSSR count). The minimum atomic E-state index is -4.81. The summed E-state index contributed by atoms with van der Waals surface area (Å²) in [4.78, 5) is 13.2. The number of hydrogen-bond acceptors (Lipinski definition) is 5. The predicted octanol–water partition coefficient (Wildman–Crippen LogP) is 6.28. The van der Waals surface area contributed by atoms with Gasteiger partial charge in [0.1, 0.15) is 11.5 Å². The molecule has 1 amide bonds. The van der Waals surface area contributed by atoms with Crippen LogP contribution in [0.3, 0.4) is 0 Å². The summed E-state index contributed by atoms with van der Waals surface area (Å²) in [6, 6.07) is 20.2. The lowest BCUT2D eigenvalue weighted by Crippen LogP contribution is -2.18. The summed E-state index contributed by atoms with van der Waals surface area (Å²) in [5.41, 5.74) is 6.49. The van der Waals surface area contributed by atoms with E-state index in [1.807, 2.05) is 6.07 Å². The van der Waals surface area contributed by atoms with Crippen LogP contribution in [0.15, 0.2) is 72.8 Å². The zero-order chi connectivity index (χ0) is 29.1. The summed E-state index contributed by atoms with van der Waals surface area (Å²) in [6.07, 6.45) is -3.10. The van der Waals surface area contributed by atoms with E-state index in [1.54, 1.807) is 30.3 Å². The van der Waals surface area contributed by atoms with Crippen molar-refractivity contribution in [3.8, 4) is 11.8 Å². The van der Waals surface area contributed by atoms with E-state index in [-0.39, 0.29) is 30.6 Å². The molecule has 0 spiro atoms. The summed E-state index contributed by atoms with van der Waals surface area (Å²) >= 11 is 0. The number of nitrogens with two attached hydrogens (primary N) is 1. The number of anilines is 1. The molecule has 3 aromatic carbocycles. The van der Waals surface area contributed by atoms with Gasteiger partial charge in [0.15, 0.2) is 5.69 Å². The first-order valence-electron chi connectivity index (χ1n) is 12.8. The highest BCUT2D eigenvalue weighted by molar-refractivity contribution is 6.03. The normalized spacial score (nSPS) is 14.0. The highest BCUT2D eigenvalue weighted by atomic mass is 19.4. The Hall–Kier alpha value is -4.53. The first kappa shape index (κ1) is 28.0. The van der Waals surface area contributed by atoms with Gasteiger partial charge in [-0.05, 0) is 71.8 Å². The molecule has 1 aromatic heterocycles. The van der Waals surface area contributed by atoms with Crippen molar-refractivity contribution in [2.24, 2.45) is 11.7 Å². The number of rotatable bonds is 9. The third-order valence-electron chi connectivity index (χ3n) is 6.73. The van der Waals surface area contributed by atoms with Crippen LogP contribution >= 0.6 is 0 Å². The summed E-state index contributed by atoms with van der Waals surface area (Å²) in [5.74, 6) is -1.45. The zero-order valence-corrected chi connectivity index (χ0v) is 21.7. The third-order valence-corrected chi connectivity index (χ3v) is 6.73. The molecule has 11 heteroatoms. The molecule has 1 unspecified atom stereocenters. The fourth-order valence-corrected chi connectivity index (χ4v) is 4.51. The van der Waals surface area contributed by atoms with Crippen LogP contribution in [-0.4, -0.2) is 15.7 Å². The van der Waals surface area contributed by atoms with E-state index in [0.29, 0.717) is 28.7 Å². The molecule has 4 aromatic rings. The molecule has 0 bridgehead atoms. The average molecular weight is 564 g/mol. The van der Waals surface area contributed by atoms with Crippen LogP contribution in [0.4, 0.5) is 23.2 Å². The maximum absolute atomic E-state index is 14.7. The number of halogens is 4. The molecule has 1 heterocycles. The van der Waals surface area contributed by atoms with E-state index in [1.165, 1.54) is 24.3 Å². The number of nitrogens with zero attached hydrogens (tertiary/aromatic N) is 3. The van der Waals surface area contributed by atoms with Gasteiger partial charge >= 0.3 is 6.18 Å².